The van der Waals surface area contributed by atoms with Crippen molar-refractivity contribution in [1.29, 1.82) is 0 Å². The molecule has 3 nitrogen and oxygen atoms in total. The SMILES string of the molecule is CN1CCCC12CCN(c1cccnc1)C2.Cl.Cl.Cl. The van der Waals surface area contributed by atoms with Crippen LogP contribution in [0.4, 0.5) is 5.69 Å². The number of hydrogen-bond acceptors (Lipinski definition) is 3. The molecule has 2 aliphatic rings. The van der Waals surface area contributed by atoms with E-state index in [9.17, 15) is 0 Å². The minimum absolute atomic E-state index is 0. The summed E-state index contributed by atoms with van der Waals surface area (Å²) in [4.78, 5) is 9.25. The molecule has 0 saturated carbocycles. The third-order valence-corrected chi connectivity index (χ3v) is 4.29. The molecule has 2 aliphatic heterocycles. The van der Waals surface area contributed by atoms with Crippen molar-refractivity contribution in [2.75, 3.05) is 31.6 Å². The van der Waals surface area contributed by atoms with Crippen molar-refractivity contribution < 1.29 is 0 Å². The van der Waals surface area contributed by atoms with Crippen LogP contribution in [-0.2, 0) is 0 Å². The van der Waals surface area contributed by atoms with Crippen LogP contribution >= 0.6 is 37.2 Å². The monoisotopic (exact) mass is 325 g/mol. The van der Waals surface area contributed by atoms with Crippen LogP contribution in [0.2, 0.25) is 0 Å². The van der Waals surface area contributed by atoms with Crippen LogP contribution in [0, 0.1) is 0 Å². The average Bonchev–Trinajstić information content (AvgIpc) is 2.90. The summed E-state index contributed by atoms with van der Waals surface area (Å²) in [5, 5.41) is 0. The molecule has 2 saturated heterocycles. The number of nitrogens with zero attached hydrogens (tertiary/aromatic N) is 3. The standard InChI is InChI=1S/C13H19N3.3ClH/c1-15-8-3-5-13(15)6-9-16(11-13)12-4-2-7-14-10-12;;;/h2,4,7,10H,3,5-6,8-9,11H2,1H3;3*1H. The highest BCUT2D eigenvalue weighted by atomic mass is 35.5. The van der Waals surface area contributed by atoms with Crippen LogP contribution in [-0.4, -0.2) is 42.1 Å². The molecule has 110 valence electrons. The second-order valence-electron chi connectivity index (χ2n) is 5.13. The molecule has 0 N–H and O–H groups in total. The van der Waals surface area contributed by atoms with Gasteiger partial charge in [0.15, 0.2) is 0 Å². The number of halogens is 3. The van der Waals surface area contributed by atoms with E-state index in [4.69, 9.17) is 0 Å². The number of likely N-dealkylation sites (N-methyl/N-ethyl adjacent to an activating group) is 1. The molecule has 0 aliphatic carbocycles. The fraction of sp³-hybridized carbons (Fsp3) is 0.615. The van der Waals surface area contributed by atoms with E-state index in [1.165, 1.54) is 44.6 Å². The molecular formula is C13H22Cl3N3. The number of pyridine rings is 1. The summed E-state index contributed by atoms with van der Waals surface area (Å²) in [7, 11) is 2.28. The summed E-state index contributed by atoms with van der Waals surface area (Å²) in [6, 6.07) is 4.19. The van der Waals surface area contributed by atoms with Gasteiger partial charge in [0.05, 0.1) is 11.9 Å². The van der Waals surface area contributed by atoms with E-state index in [1.54, 1.807) is 0 Å². The van der Waals surface area contributed by atoms with E-state index in [2.05, 4.69) is 27.9 Å². The van der Waals surface area contributed by atoms with Crippen molar-refractivity contribution in [1.82, 2.24) is 9.88 Å². The van der Waals surface area contributed by atoms with Gasteiger partial charge in [0.25, 0.3) is 0 Å². The minimum Gasteiger partial charge on any atom is -0.368 e. The number of aromatic nitrogens is 1. The first-order valence-electron chi connectivity index (χ1n) is 6.16. The largest absolute Gasteiger partial charge is 0.368 e. The molecule has 0 radical (unpaired) electrons. The van der Waals surface area contributed by atoms with Gasteiger partial charge in [0, 0.05) is 24.8 Å². The van der Waals surface area contributed by atoms with Crippen molar-refractivity contribution >= 4 is 42.9 Å². The number of likely N-dealkylation sites (tertiary alicyclic amines) is 1. The van der Waals surface area contributed by atoms with Crippen LogP contribution < -0.4 is 4.90 Å². The van der Waals surface area contributed by atoms with Gasteiger partial charge in [0.2, 0.25) is 0 Å². The Morgan fingerprint density at radius 2 is 1.95 bits per heavy atom. The summed E-state index contributed by atoms with van der Waals surface area (Å²) in [6.45, 7) is 3.62. The first-order valence-corrected chi connectivity index (χ1v) is 6.16. The summed E-state index contributed by atoms with van der Waals surface area (Å²) < 4.78 is 0. The Balaban J connectivity index is 0.00000108. The number of rotatable bonds is 1. The van der Waals surface area contributed by atoms with Crippen molar-refractivity contribution in [3.63, 3.8) is 0 Å². The topological polar surface area (TPSA) is 19.4 Å². The summed E-state index contributed by atoms with van der Waals surface area (Å²) in [5.74, 6) is 0. The Morgan fingerprint density at radius 1 is 1.16 bits per heavy atom. The normalized spacial score (nSPS) is 25.6. The lowest BCUT2D eigenvalue weighted by Crippen LogP contribution is -2.43. The highest BCUT2D eigenvalue weighted by Crippen LogP contribution is 2.37. The van der Waals surface area contributed by atoms with Crippen LogP contribution in [0.1, 0.15) is 19.3 Å². The third-order valence-electron chi connectivity index (χ3n) is 4.29. The maximum Gasteiger partial charge on any atom is 0.0553 e. The van der Waals surface area contributed by atoms with Gasteiger partial charge in [-0.05, 0) is 45.0 Å². The van der Waals surface area contributed by atoms with Crippen molar-refractivity contribution in [3.05, 3.63) is 24.5 Å². The lowest BCUT2D eigenvalue weighted by Gasteiger charge is -2.32. The lowest BCUT2D eigenvalue weighted by molar-refractivity contribution is 0.198. The minimum atomic E-state index is 0. The van der Waals surface area contributed by atoms with Crippen molar-refractivity contribution in [2.45, 2.75) is 24.8 Å². The van der Waals surface area contributed by atoms with Gasteiger partial charge in [-0.15, -0.1) is 37.2 Å². The van der Waals surface area contributed by atoms with Gasteiger partial charge in [-0.3, -0.25) is 9.88 Å². The Hall–Kier alpha value is -0.220. The molecular weight excluding hydrogens is 305 g/mol. The third kappa shape index (κ3) is 3.46. The van der Waals surface area contributed by atoms with Crippen LogP contribution in [0.25, 0.3) is 0 Å². The van der Waals surface area contributed by atoms with Crippen molar-refractivity contribution in [3.8, 4) is 0 Å². The maximum atomic E-state index is 4.21. The van der Waals surface area contributed by atoms with E-state index in [1.807, 2.05) is 18.5 Å². The molecule has 1 aromatic heterocycles. The van der Waals surface area contributed by atoms with E-state index in [0.29, 0.717) is 5.54 Å². The zero-order valence-electron chi connectivity index (χ0n) is 11.1. The Labute approximate surface area is 134 Å². The zero-order valence-corrected chi connectivity index (χ0v) is 13.6. The first kappa shape index (κ1) is 18.8. The van der Waals surface area contributed by atoms with Crippen molar-refractivity contribution in [2.24, 2.45) is 0 Å². The molecule has 19 heavy (non-hydrogen) atoms. The molecule has 2 fully saturated rings. The molecule has 6 heteroatoms. The van der Waals surface area contributed by atoms with Gasteiger partial charge in [-0.1, -0.05) is 0 Å². The number of hydrogen-bond donors (Lipinski definition) is 0. The second-order valence-corrected chi connectivity index (χ2v) is 5.13. The first-order chi connectivity index (χ1) is 7.80. The lowest BCUT2D eigenvalue weighted by atomic mass is 9.96. The molecule has 1 atom stereocenters. The Morgan fingerprint density at radius 3 is 2.53 bits per heavy atom. The summed E-state index contributed by atoms with van der Waals surface area (Å²) >= 11 is 0. The fourth-order valence-corrected chi connectivity index (χ4v) is 3.21. The molecule has 1 spiro atoms. The van der Waals surface area contributed by atoms with Gasteiger partial charge < -0.3 is 4.90 Å². The van der Waals surface area contributed by atoms with Crippen LogP contribution in [0.3, 0.4) is 0 Å². The van der Waals surface area contributed by atoms with Gasteiger partial charge >= 0.3 is 0 Å². The number of anilines is 1. The summed E-state index contributed by atoms with van der Waals surface area (Å²) in [5.41, 5.74) is 1.73. The quantitative estimate of drug-likeness (QED) is 0.791. The van der Waals surface area contributed by atoms with E-state index in [0.717, 1.165) is 0 Å². The second kappa shape index (κ2) is 7.53. The predicted molar refractivity (Wildman–Crippen MR) is 87.4 cm³/mol. The molecule has 0 aromatic carbocycles. The molecule has 0 bridgehead atoms. The molecule has 1 aromatic rings. The van der Waals surface area contributed by atoms with E-state index < -0.39 is 0 Å². The highest BCUT2D eigenvalue weighted by molar-refractivity contribution is 5.86. The van der Waals surface area contributed by atoms with Gasteiger partial charge in [-0.2, -0.15) is 0 Å². The molecule has 3 heterocycles. The van der Waals surface area contributed by atoms with Gasteiger partial charge in [-0.25, -0.2) is 0 Å². The van der Waals surface area contributed by atoms with Crippen LogP contribution in [0.5, 0.6) is 0 Å². The maximum absolute atomic E-state index is 4.21. The van der Waals surface area contributed by atoms with E-state index >= 15 is 0 Å². The van der Waals surface area contributed by atoms with Gasteiger partial charge in [0.1, 0.15) is 0 Å². The summed E-state index contributed by atoms with van der Waals surface area (Å²) in [6.07, 6.45) is 7.85. The molecule has 1 unspecified atom stereocenters. The smallest absolute Gasteiger partial charge is 0.0553 e. The Kier molecular flexibility index (Phi) is 7.45. The van der Waals surface area contributed by atoms with E-state index in [-0.39, 0.29) is 37.2 Å². The zero-order chi connectivity index (χ0) is 11.0. The Bertz CT molecular complexity index is 377. The fourth-order valence-electron chi connectivity index (χ4n) is 3.21. The predicted octanol–water partition coefficient (Wildman–Crippen LogP) is 3.02. The molecule has 3 rings (SSSR count). The highest BCUT2D eigenvalue weighted by Gasteiger charge is 2.44. The average molecular weight is 327 g/mol. The van der Waals surface area contributed by atoms with Crippen LogP contribution in [0.15, 0.2) is 24.5 Å². The molecule has 0 amide bonds.